The molecule has 4 aromatic carbocycles. The molecule has 8 nitrogen and oxygen atoms in total. The van der Waals surface area contributed by atoms with Crippen LogP contribution in [0.5, 0.6) is 11.5 Å². The highest BCUT2D eigenvalue weighted by molar-refractivity contribution is 7.92. The van der Waals surface area contributed by atoms with Crippen molar-refractivity contribution in [1.82, 2.24) is 9.80 Å². The van der Waals surface area contributed by atoms with Crippen molar-refractivity contribution in [1.29, 1.82) is 0 Å². The molecule has 1 fully saturated rings. The van der Waals surface area contributed by atoms with Crippen molar-refractivity contribution in [3.63, 3.8) is 0 Å². The lowest BCUT2D eigenvalue weighted by Gasteiger charge is -2.40. The van der Waals surface area contributed by atoms with E-state index in [2.05, 4.69) is 29.2 Å². The van der Waals surface area contributed by atoms with Crippen LogP contribution < -0.4 is 13.8 Å². The van der Waals surface area contributed by atoms with Crippen molar-refractivity contribution in [3.8, 4) is 11.5 Å². The number of fused-ring (bicyclic) bond motifs is 1. The van der Waals surface area contributed by atoms with Crippen molar-refractivity contribution < 1.29 is 27.1 Å². The van der Waals surface area contributed by atoms with E-state index in [9.17, 15) is 17.6 Å². The molecule has 0 saturated carbocycles. The zero-order chi connectivity index (χ0) is 29.8. The number of rotatable bonds is 8. The number of hydrogen-bond acceptors (Lipinski definition) is 6. The molecule has 0 unspecified atom stereocenters. The third-order valence-corrected chi connectivity index (χ3v) is 9.51. The van der Waals surface area contributed by atoms with Crippen molar-refractivity contribution >= 4 is 21.6 Å². The molecular formula is C33H32FN3O5S. The molecular weight excluding hydrogens is 569 g/mol. The number of amides is 1. The van der Waals surface area contributed by atoms with Gasteiger partial charge in [0.2, 0.25) is 5.91 Å². The fourth-order valence-electron chi connectivity index (χ4n) is 5.59. The molecule has 0 N–H and O–H groups in total. The number of halogens is 1. The van der Waals surface area contributed by atoms with Gasteiger partial charge in [-0.25, -0.2) is 12.8 Å². The number of piperazine rings is 1. The van der Waals surface area contributed by atoms with Gasteiger partial charge in [-0.05, 0) is 41.5 Å². The van der Waals surface area contributed by atoms with Gasteiger partial charge >= 0.3 is 0 Å². The van der Waals surface area contributed by atoms with Gasteiger partial charge in [-0.2, -0.15) is 0 Å². The standard InChI is InChI=1S/C33H32FN3O5S/c34-27-12-7-13-28(22-27)37(43(39,40)29-14-15-30-31(23-29)42-21-20-41-30)24-32(38)35-16-18-36(19-17-35)33(25-8-3-1-4-9-25)26-10-5-2-6-11-26/h1-15,22-23,33H,16-21,24H2. The number of carbonyl (C=O) groups is 1. The van der Waals surface area contributed by atoms with Gasteiger partial charge in [0.15, 0.2) is 11.5 Å². The molecule has 1 saturated heterocycles. The lowest BCUT2D eigenvalue weighted by Crippen LogP contribution is -2.52. The van der Waals surface area contributed by atoms with Gasteiger partial charge in [0.05, 0.1) is 16.6 Å². The van der Waals surface area contributed by atoms with Crippen LogP contribution in [0.1, 0.15) is 17.2 Å². The van der Waals surface area contributed by atoms with Crippen molar-refractivity contribution in [3.05, 3.63) is 120 Å². The Morgan fingerprint density at radius 2 is 1.40 bits per heavy atom. The monoisotopic (exact) mass is 601 g/mol. The molecule has 0 radical (unpaired) electrons. The summed E-state index contributed by atoms with van der Waals surface area (Å²) in [5.41, 5.74) is 2.39. The van der Waals surface area contributed by atoms with Gasteiger partial charge in [-0.3, -0.25) is 14.0 Å². The maximum absolute atomic E-state index is 14.3. The topological polar surface area (TPSA) is 79.4 Å². The van der Waals surface area contributed by atoms with Crippen molar-refractivity contribution in [2.24, 2.45) is 0 Å². The number of nitrogens with zero attached hydrogens (tertiary/aromatic N) is 3. The summed E-state index contributed by atoms with van der Waals surface area (Å²) < 4.78 is 54.2. The maximum atomic E-state index is 14.3. The summed E-state index contributed by atoms with van der Waals surface area (Å²) in [5.74, 6) is -0.212. The zero-order valence-electron chi connectivity index (χ0n) is 23.5. The first-order chi connectivity index (χ1) is 20.9. The fraction of sp³-hybridized carbons (Fsp3) is 0.242. The van der Waals surface area contributed by atoms with Crippen LogP contribution in [-0.4, -0.2) is 70.1 Å². The smallest absolute Gasteiger partial charge is 0.264 e. The highest BCUT2D eigenvalue weighted by Crippen LogP contribution is 2.35. The Morgan fingerprint density at radius 1 is 0.767 bits per heavy atom. The fourth-order valence-corrected chi connectivity index (χ4v) is 7.02. The zero-order valence-corrected chi connectivity index (χ0v) is 24.3. The van der Waals surface area contributed by atoms with E-state index >= 15 is 0 Å². The van der Waals surface area contributed by atoms with E-state index in [-0.39, 0.29) is 22.5 Å². The summed E-state index contributed by atoms with van der Waals surface area (Å²) in [6.45, 7) is 2.26. The van der Waals surface area contributed by atoms with Gasteiger partial charge in [0.25, 0.3) is 10.0 Å². The number of anilines is 1. The van der Waals surface area contributed by atoms with E-state index < -0.39 is 22.4 Å². The summed E-state index contributed by atoms with van der Waals surface area (Å²) in [7, 11) is -4.26. The van der Waals surface area contributed by atoms with Crippen molar-refractivity contribution in [2.45, 2.75) is 10.9 Å². The second-order valence-corrected chi connectivity index (χ2v) is 12.3. The van der Waals surface area contributed by atoms with Crippen LogP contribution in [0.15, 0.2) is 108 Å². The molecule has 6 rings (SSSR count). The summed E-state index contributed by atoms with van der Waals surface area (Å²) in [6, 6.07) is 30.1. The average molecular weight is 602 g/mol. The quantitative estimate of drug-likeness (QED) is 0.291. The predicted molar refractivity (Wildman–Crippen MR) is 161 cm³/mol. The molecule has 0 aromatic heterocycles. The molecule has 2 heterocycles. The summed E-state index contributed by atoms with van der Waals surface area (Å²) in [6.07, 6.45) is 0. The van der Waals surface area contributed by atoms with Gasteiger partial charge in [-0.1, -0.05) is 66.7 Å². The minimum atomic E-state index is -4.26. The summed E-state index contributed by atoms with van der Waals surface area (Å²) in [5, 5.41) is 0. The summed E-state index contributed by atoms with van der Waals surface area (Å²) >= 11 is 0. The first kappa shape index (κ1) is 28.7. The lowest BCUT2D eigenvalue weighted by atomic mass is 9.96. The molecule has 4 aromatic rings. The molecule has 43 heavy (non-hydrogen) atoms. The van der Waals surface area contributed by atoms with Crippen LogP contribution in [-0.2, 0) is 14.8 Å². The second-order valence-electron chi connectivity index (χ2n) is 10.4. The highest BCUT2D eigenvalue weighted by Gasteiger charge is 2.33. The molecule has 0 aliphatic carbocycles. The van der Waals surface area contributed by atoms with E-state index in [1.807, 2.05) is 36.4 Å². The highest BCUT2D eigenvalue weighted by atomic mass is 32.2. The van der Waals surface area contributed by atoms with E-state index in [4.69, 9.17) is 9.47 Å². The number of sulfonamides is 1. The van der Waals surface area contributed by atoms with Gasteiger partial charge in [0.1, 0.15) is 25.6 Å². The Bertz CT molecular complexity index is 1640. The molecule has 0 spiro atoms. The Morgan fingerprint density at radius 3 is 2.02 bits per heavy atom. The number of hydrogen-bond donors (Lipinski definition) is 0. The average Bonchev–Trinajstić information content (AvgIpc) is 3.04. The normalized spacial score (nSPS) is 15.3. The van der Waals surface area contributed by atoms with Crippen LogP contribution in [0, 0.1) is 5.82 Å². The largest absolute Gasteiger partial charge is 0.486 e. The molecule has 10 heteroatoms. The van der Waals surface area contributed by atoms with Crippen LogP contribution >= 0.6 is 0 Å². The Labute approximate surface area is 250 Å². The summed E-state index contributed by atoms with van der Waals surface area (Å²) in [4.78, 5) is 17.6. The van der Waals surface area contributed by atoms with E-state index in [0.717, 1.165) is 21.5 Å². The van der Waals surface area contributed by atoms with Gasteiger partial charge < -0.3 is 14.4 Å². The van der Waals surface area contributed by atoms with Gasteiger partial charge in [0, 0.05) is 32.2 Å². The molecule has 222 valence electrons. The lowest BCUT2D eigenvalue weighted by molar-refractivity contribution is -0.131. The van der Waals surface area contributed by atoms with E-state index in [0.29, 0.717) is 50.9 Å². The molecule has 0 bridgehead atoms. The second kappa shape index (κ2) is 12.4. The Kier molecular flexibility index (Phi) is 8.31. The SMILES string of the molecule is O=C(CN(c1cccc(F)c1)S(=O)(=O)c1ccc2c(c1)OCCO2)N1CCN(C(c2ccccc2)c2ccccc2)CC1. The van der Waals surface area contributed by atoms with Crippen LogP contribution in [0.2, 0.25) is 0 Å². The number of ether oxygens (including phenoxy) is 2. The molecule has 2 aliphatic heterocycles. The first-order valence-corrected chi connectivity index (χ1v) is 15.6. The van der Waals surface area contributed by atoms with Gasteiger partial charge in [-0.15, -0.1) is 0 Å². The maximum Gasteiger partial charge on any atom is 0.264 e. The van der Waals surface area contributed by atoms with Crippen LogP contribution in [0.4, 0.5) is 10.1 Å². The number of carbonyl (C=O) groups excluding carboxylic acids is 1. The van der Waals surface area contributed by atoms with Crippen LogP contribution in [0.3, 0.4) is 0 Å². The van der Waals surface area contributed by atoms with Crippen LogP contribution in [0.25, 0.3) is 0 Å². The first-order valence-electron chi connectivity index (χ1n) is 14.2. The minimum Gasteiger partial charge on any atom is -0.486 e. The minimum absolute atomic E-state index is 0.0269. The molecule has 2 aliphatic rings. The predicted octanol–water partition coefficient (Wildman–Crippen LogP) is 4.73. The molecule has 0 atom stereocenters. The number of benzene rings is 4. The third kappa shape index (κ3) is 6.21. The third-order valence-electron chi connectivity index (χ3n) is 7.74. The van der Waals surface area contributed by atoms with E-state index in [1.54, 1.807) is 4.90 Å². The Hall–Kier alpha value is -4.41. The molecule has 1 amide bonds. The Balaban J connectivity index is 1.22. The van der Waals surface area contributed by atoms with Crippen molar-refractivity contribution in [2.75, 3.05) is 50.2 Å². The van der Waals surface area contributed by atoms with E-state index in [1.165, 1.54) is 36.4 Å².